The van der Waals surface area contributed by atoms with Crippen LogP contribution in [0.2, 0.25) is 5.02 Å². The van der Waals surface area contributed by atoms with Gasteiger partial charge in [0.2, 0.25) is 5.91 Å². The molecule has 0 aliphatic carbocycles. The summed E-state index contributed by atoms with van der Waals surface area (Å²) < 4.78 is 5.15. The number of hydrogen-bond donors (Lipinski definition) is 1. The topological polar surface area (TPSA) is 99.6 Å². The van der Waals surface area contributed by atoms with E-state index in [4.69, 9.17) is 11.6 Å². The number of thioether (sulfide) groups is 1. The lowest BCUT2D eigenvalue weighted by Crippen LogP contribution is -2.27. The maximum absolute atomic E-state index is 13.3. The molecular weight excluding hydrogens is 534 g/mol. The summed E-state index contributed by atoms with van der Waals surface area (Å²) in [6, 6.07) is 18.6. The van der Waals surface area contributed by atoms with Crippen molar-refractivity contribution in [2.24, 2.45) is 7.05 Å². The van der Waals surface area contributed by atoms with Gasteiger partial charge in [0, 0.05) is 30.0 Å². The monoisotopic (exact) mass is 559 g/mol. The van der Waals surface area contributed by atoms with E-state index in [9.17, 15) is 9.59 Å². The lowest BCUT2D eigenvalue weighted by Gasteiger charge is -2.16. The van der Waals surface area contributed by atoms with E-state index in [1.807, 2.05) is 72.2 Å². The van der Waals surface area contributed by atoms with Crippen molar-refractivity contribution < 1.29 is 4.79 Å². The summed E-state index contributed by atoms with van der Waals surface area (Å²) in [5.74, 6) is 0.274. The highest BCUT2D eigenvalue weighted by Crippen LogP contribution is 2.33. The number of nitrogens with zero attached hydrogens (tertiary/aromatic N) is 6. The average molecular weight is 560 g/mol. The van der Waals surface area contributed by atoms with Crippen LogP contribution in [0.4, 0.5) is 5.69 Å². The Bertz CT molecular complexity index is 1710. The van der Waals surface area contributed by atoms with Crippen LogP contribution in [-0.4, -0.2) is 40.3 Å². The van der Waals surface area contributed by atoms with Crippen molar-refractivity contribution in [3.63, 3.8) is 0 Å². The molecule has 1 atom stereocenters. The van der Waals surface area contributed by atoms with Crippen LogP contribution in [0, 0.1) is 13.8 Å². The summed E-state index contributed by atoms with van der Waals surface area (Å²) in [4.78, 5) is 30.7. The van der Waals surface area contributed by atoms with Crippen LogP contribution in [0.5, 0.6) is 0 Å². The second-order valence-electron chi connectivity index (χ2n) is 8.95. The third-order valence-electron chi connectivity index (χ3n) is 6.51. The number of para-hydroxylation sites is 1. The molecule has 5 aromatic rings. The maximum Gasteiger partial charge on any atom is 0.295 e. The zero-order valence-electron chi connectivity index (χ0n) is 21.8. The molecule has 1 unspecified atom stereocenters. The molecule has 11 heteroatoms. The minimum atomic E-state index is -0.595. The van der Waals surface area contributed by atoms with Crippen LogP contribution in [-0.2, 0) is 11.8 Å². The second kappa shape index (κ2) is 10.9. The van der Waals surface area contributed by atoms with E-state index < -0.39 is 5.25 Å². The highest BCUT2D eigenvalue weighted by atomic mass is 35.5. The summed E-state index contributed by atoms with van der Waals surface area (Å²) in [6.07, 6.45) is 3.37. The summed E-state index contributed by atoms with van der Waals surface area (Å²) in [5, 5.41) is 12.2. The van der Waals surface area contributed by atoms with Gasteiger partial charge >= 0.3 is 0 Å². The van der Waals surface area contributed by atoms with Gasteiger partial charge in [-0.05, 0) is 62.7 Å². The van der Waals surface area contributed by atoms with Crippen LogP contribution in [0.25, 0.3) is 22.8 Å². The van der Waals surface area contributed by atoms with E-state index in [2.05, 4.69) is 20.5 Å². The zero-order chi connectivity index (χ0) is 27.7. The molecule has 0 fully saturated rings. The van der Waals surface area contributed by atoms with Gasteiger partial charge in [-0.1, -0.05) is 47.6 Å². The lowest BCUT2D eigenvalue weighted by atomic mass is 10.2. The first-order valence-corrected chi connectivity index (χ1v) is 13.5. The number of halogens is 1. The highest BCUT2D eigenvalue weighted by molar-refractivity contribution is 8.00. The zero-order valence-corrected chi connectivity index (χ0v) is 23.4. The number of carbonyl (C=O) groups excluding carboxylic acids is 1. The first-order chi connectivity index (χ1) is 18.8. The summed E-state index contributed by atoms with van der Waals surface area (Å²) in [5.41, 5.74) is 3.78. The number of benzene rings is 2. The number of aromatic nitrogens is 6. The fourth-order valence-electron chi connectivity index (χ4n) is 4.24. The third kappa shape index (κ3) is 5.00. The van der Waals surface area contributed by atoms with Crippen molar-refractivity contribution in [2.45, 2.75) is 31.2 Å². The number of pyridine rings is 1. The van der Waals surface area contributed by atoms with Gasteiger partial charge in [-0.15, -0.1) is 10.2 Å². The van der Waals surface area contributed by atoms with E-state index >= 15 is 0 Å². The Morgan fingerprint density at radius 3 is 2.44 bits per heavy atom. The van der Waals surface area contributed by atoms with E-state index in [0.29, 0.717) is 27.4 Å². The number of carbonyl (C=O) groups is 1. The standard InChI is InChI=1S/C28H26ClN7O2S/c1-17-22(29)11-8-12-23(17)35-25(20-13-15-30-16-14-20)32-33-28(35)39-19(3)26(37)31-24-18(2)34(4)36(27(24)38)21-9-6-5-7-10-21/h5-16,19H,1-4H3,(H,31,37). The van der Waals surface area contributed by atoms with Crippen molar-refractivity contribution in [3.05, 3.63) is 99.7 Å². The van der Waals surface area contributed by atoms with Gasteiger partial charge in [0.25, 0.3) is 5.56 Å². The van der Waals surface area contributed by atoms with Crippen LogP contribution in [0.3, 0.4) is 0 Å². The van der Waals surface area contributed by atoms with E-state index in [1.54, 1.807) is 38.0 Å². The Balaban J connectivity index is 1.47. The molecule has 0 spiro atoms. The van der Waals surface area contributed by atoms with Crippen molar-refractivity contribution in [1.29, 1.82) is 0 Å². The van der Waals surface area contributed by atoms with Gasteiger partial charge in [0.05, 0.1) is 22.3 Å². The molecule has 0 aliphatic rings. The minimum Gasteiger partial charge on any atom is -0.319 e. The van der Waals surface area contributed by atoms with Crippen molar-refractivity contribution >= 4 is 35.0 Å². The van der Waals surface area contributed by atoms with Crippen LogP contribution < -0.4 is 10.9 Å². The maximum atomic E-state index is 13.3. The van der Waals surface area contributed by atoms with Gasteiger partial charge in [-0.25, -0.2) is 4.68 Å². The quantitative estimate of drug-likeness (QED) is 0.275. The van der Waals surface area contributed by atoms with Gasteiger partial charge in [0.1, 0.15) is 5.69 Å². The second-order valence-corrected chi connectivity index (χ2v) is 10.7. The highest BCUT2D eigenvalue weighted by Gasteiger charge is 2.25. The predicted octanol–water partition coefficient (Wildman–Crippen LogP) is 5.21. The number of nitrogens with one attached hydrogen (secondary N) is 1. The smallest absolute Gasteiger partial charge is 0.295 e. The fraction of sp³-hybridized carbons (Fsp3) is 0.179. The molecule has 0 saturated heterocycles. The Labute approximate surface area is 234 Å². The predicted molar refractivity (Wildman–Crippen MR) is 154 cm³/mol. The number of amides is 1. The molecule has 1 N–H and O–H groups in total. The fourth-order valence-corrected chi connectivity index (χ4v) is 5.27. The van der Waals surface area contributed by atoms with E-state index in [0.717, 1.165) is 16.8 Å². The third-order valence-corrected chi connectivity index (χ3v) is 7.96. The van der Waals surface area contributed by atoms with Gasteiger partial charge < -0.3 is 5.32 Å². The molecule has 5 rings (SSSR count). The normalized spacial score (nSPS) is 11.9. The van der Waals surface area contributed by atoms with Crippen molar-refractivity contribution in [2.75, 3.05) is 5.32 Å². The van der Waals surface area contributed by atoms with E-state index in [-0.39, 0.29) is 17.2 Å². The van der Waals surface area contributed by atoms with Crippen molar-refractivity contribution in [1.82, 2.24) is 29.1 Å². The first-order valence-electron chi connectivity index (χ1n) is 12.2. The number of anilines is 1. The van der Waals surface area contributed by atoms with Gasteiger partial charge in [-0.2, -0.15) is 0 Å². The molecule has 198 valence electrons. The summed E-state index contributed by atoms with van der Waals surface area (Å²) in [7, 11) is 1.79. The van der Waals surface area contributed by atoms with Crippen LogP contribution >= 0.6 is 23.4 Å². The molecule has 1 amide bonds. The molecule has 0 bridgehead atoms. The van der Waals surface area contributed by atoms with Crippen molar-refractivity contribution in [3.8, 4) is 22.8 Å². The molecule has 0 saturated carbocycles. The van der Waals surface area contributed by atoms with Gasteiger partial charge in [-0.3, -0.25) is 23.8 Å². The Hall–Kier alpha value is -4.15. The molecule has 39 heavy (non-hydrogen) atoms. The molecule has 0 aliphatic heterocycles. The van der Waals surface area contributed by atoms with Crippen LogP contribution in [0.1, 0.15) is 18.2 Å². The number of rotatable bonds is 7. The Morgan fingerprint density at radius 2 is 1.72 bits per heavy atom. The summed E-state index contributed by atoms with van der Waals surface area (Å²) >= 11 is 7.69. The molecule has 3 aromatic heterocycles. The first kappa shape index (κ1) is 26.5. The average Bonchev–Trinajstić information content (AvgIpc) is 3.45. The summed E-state index contributed by atoms with van der Waals surface area (Å²) in [6.45, 7) is 5.49. The number of hydrogen-bond acceptors (Lipinski definition) is 6. The van der Waals surface area contributed by atoms with E-state index in [1.165, 1.54) is 16.4 Å². The molecular formula is C28H26ClN7O2S. The Kier molecular flexibility index (Phi) is 7.40. The Morgan fingerprint density at radius 1 is 1.00 bits per heavy atom. The molecule has 3 heterocycles. The minimum absolute atomic E-state index is 0.239. The molecule has 2 aromatic carbocycles. The van der Waals surface area contributed by atoms with Crippen LogP contribution in [0.15, 0.2) is 83.0 Å². The lowest BCUT2D eigenvalue weighted by molar-refractivity contribution is -0.115. The largest absolute Gasteiger partial charge is 0.319 e. The molecule has 0 radical (unpaired) electrons. The SMILES string of the molecule is Cc1c(Cl)cccc1-n1c(SC(C)C(=O)Nc2c(C)n(C)n(-c3ccccc3)c2=O)nnc1-c1ccncc1. The van der Waals surface area contributed by atoms with Gasteiger partial charge in [0.15, 0.2) is 11.0 Å². The molecule has 9 nitrogen and oxygen atoms in total.